The average molecular weight is 326 g/mol. The van der Waals surface area contributed by atoms with Gasteiger partial charge in [-0.15, -0.1) is 0 Å². The van der Waals surface area contributed by atoms with Gasteiger partial charge in [-0.1, -0.05) is 0 Å². The maximum atomic E-state index is 12.6. The van der Waals surface area contributed by atoms with Crippen LogP contribution in [0, 0.1) is 0 Å². The molecule has 2 fully saturated rings. The smallest absolute Gasteiger partial charge is 0.325 e. The van der Waals surface area contributed by atoms with Crippen molar-refractivity contribution in [2.45, 2.75) is 31.2 Å². The molecule has 0 aromatic heterocycles. The summed E-state index contributed by atoms with van der Waals surface area (Å²) in [5.74, 6) is -1.11. The fourth-order valence-corrected chi connectivity index (χ4v) is 3.11. The number of imide groups is 1. The molecule has 0 unspecified atom stereocenters. The van der Waals surface area contributed by atoms with Crippen molar-refractivity contribution in [3.63, 3.8) is 0 Å². The van der Waals surface area contributed by atoms with Gasteiger partial charge in [-0.2, -0.15) is 0 Å². The number of urea groups is 1. The molecule has 2 saturated heterocycles. The van der Waals surface area contributed by atoms with Crippen LogP contribution in [0.5, 0.6) is 0 Å². The molecule has 0 aromatic rings. The van der Waals surface area contributed by atoms with Crippen LogP contribution in [-0.4, -0.2) is 90.1 Å². The van der Waals surface area contributed by atoms with Gasteiger partial charge in [0.1, 0.15) is 5.54 Å². The Morgan fingerprint density at radius 1 is 1.26 bits per heavy atom. The van der Waals surface area contributed by atoms with Crippen LogP contribution < -0.4 is 5.32 Å². The van der Waals surface area contributed by atoms with Crippen molar-refractivity contribution in [1.29, 1.82) is 0 Å². The zero-order valence-electron chi connectivity index (χ0n) is 13.9. The monoisotopic (exact) mass is 326 g/mol. The van der Waals surface area contributed by atoms with E-state index in [1.807, 2.05) is 14.1 Å². The number of likely N-dealkylation sites (N-methyl/N-ethyl adjacent to an activating group) is 1. The van der Waals surface area contributed by atoms with Gasteiger partial charge in [0.05, 0.1) is 0 Å². The SMILES string of the molecule is CN(C)CCN1CCC2(CC1)NC(=O)N(CCCC(=O)O)C2=O. The van der Waals surface area contributed by atoms with E-state index in [9.17, 15) is 14.4 Å². The first-order chi connectivity index (χ1) is 10.8. The summed E-state index contributed by atoms with van der Waals surface area (Å²) in [6.45, 7) is 3.65. The lowest BCUT2D eigenvalue weighted by Gasteiger charge is -2.37. The summed E-state index contributed by atoms with van der Waals surface area (Å²) in [5.41, 5.74) is -0.783. The Morgan fingerprint density at radius 3 is 2.48 bits per heavy atom. The maximum Gasteiger partial charge on any atom is 0.325 e. The Hall–Kier alpha value is -1.67. The lowest BCUT2D eigenvalue weighted by molar-refractivity contribution is -0.138. The molecule has 0 radical (unpaired) electrons. The van der Waals surface area contributed by atoms with E-state index in [-0.39, 0.29) is 24.9 Å². The van der Waals surface area contributed by atoms with Crippen LogP contribution in [0.25, 0.3) is 0 Å². The highest BCUT2D eigenvalue weighted by atomic mass is 16.4. The minimum absolute atomic E-state index is 0.0393. The van der Waals surface area contributed by atoms with Crippen molar-refractivity contribution < 1.29 is 19.5 Å². The van der Waals surface area contributed by atoms with Gasteiger partial charge in [0, 0.05) is 39.1 Å². The zero-order chi connectivity index (χ0) is 17.0. The Bertz CT molecular complexity index is 472. The number of aliphatic carboxylic acids is 1. The van der Waals surface area contributed by atoms with Crippen LogP contribution in [0.15, 0.2) is 0 Å². The van der Waals surface area contributed by atoms with Crippen LogP contribution in [0.1, 0.15) is 25.7 Å². The second kappa shape index (κ2) is 7.27. The summed E-state index contributed by atoms with van der Waals surface area (Å²) >= 11 is 0. The Labute approximate surface area is 136 Å². The summed E-state index contributed by atoms with van der Waals surface area (Å²) in [7, 11) is 4.06. The lowest BCUT2D eigenvalue weighted by Crippen LogP contribution is -2.55. The summed E-state index contributed by atoms with van der Waals surface area (Å²) in [5, 5.41) is 11.5. The molecule has 3 amide bonds. The number of piperidine rings is 1. The minimum atomic E-state index is -0.916. The van der Waals surface area contributed by atoms with Crippen molar-refractivity contribution in [3.05, 3.63) is 0 Å². The number of carboxylic acids is 1. The van der Waals surface area contributed by atoms with E-state index >= 15 is 0 Å². The number of carboxylic acid groups (broad SMARTS) is 1. The third kappa shape index (κ3) is 4.20. The molecule has 8 heteroatoms. The van der Waals surface area contributed by atoms with Gasteiger partial charge in [0.15, 0.2) is 0 Å². The molecule has 2 N–H and O–H groups in total. The van der Waals surface area contributed by atoms with Gasteiger partial charge >= 0.3 is 12.0 Å². The molecule has 1 spiro atoms. The number of nitrogens with zero attached hydrogens (tertiary/aromatic N) is 3. The van der Waals surface area contributed by atoms with Gasteiger partial charge in [-0.25, -0.2) is 4.79 Å². The van der Waals surface area contributed by atoms with E-state index in [1.165, 1.54) is 4.90 Å². The second-order valence-corrected chi connectivity index (χ2v) is 6.61. The first kappa shape index (κ1) is 17.7. The first-order valence-electron chi connectivity index (χ1n) is 8.07. The van der Waals surface area contributed by atoms with Crippen LogP contribution in [0.3, 0.4) is 0 Å². The zero-order valence-corrected chi connectivity index (χ0v) is 13.9. The molecule has 0 aliphatic carbocycles. The van der Waals surface area contributed by atoms with E-state index < -0.39 is 11.5 Å². The average Bonchev–Trinajstić information content (AvgIpc) is 2.70. The van der Waals surface area contributed by atoms with Gasteiger partial charge in [-0.3, -0.25) is 14.5 Å². The van der Waals surface area contributed by atoms with Crippen molar-refractivity contribution in [3.8, 4) is 0 Å². The predicted molar refractivity (Wildman–Crippen MR) is 84.1 cm³/mol. The fraction of sp³-hybridized carbons (Fsp3) is 0.800. The summed E-state index contributed by atoms with van der Waals surface area (Å²) in [6, 6.07) is -0.387. The second-order valence-electron chi connectivity index (χ2n) is 6.61. The predicted octanol–water partition coefficient (Wildman–Crippen LogP) is -0.201. The van der Waals surface area contributed by atoms with E-state index in [1.54, 1.807) is 0 Å². The topological polar surface area (TPSA) is 93.2 Å². The molecular weight excluding hydrogens is 300 g/mol. The normalized spacial score (nSPS) is 21.3. The maximum absolute atomic E-state index is 12.6. The number of carbonyl (C=O) groups is 3. The highest BCUT2D eigenvalue weighted by Crippen LogP contribution is 2.29. The molecule has 2 heterocycles. The van der Waals surface area contributed by atoms with Crippen molar-refractivity contribution in [2.24, 2.45) is 0 Å². The molecule has 2 aliphatic rings. The number of hydrogen-bond acceptors (Lipinski definition) is 5. The van der Waals surface area contributed by atoms with Crippen LogP contribution in [0.4, 0.5) is 4.79 Å². The highest BCUT2D eigenvalue weighted by Gasteiger charge is 2.51. The number of likely N-dealkylation sites (tertiary alicyclic amines) is 1. The lowest BCUT2D eigenvalue weighted by atomic mass is 9.87. The number of hydrogen-bond donors (Lipinski definition) is 2. The summed E-state index contributed by atoms with van der Waals surface area (Å²) in [4.78, 5) is 40.8. The van der Waals surface area contributed by atoms with E-state index in [2.05, 4.69) is 15.1 Å². The van der Waals surface area contributed by atoms with E-state index in [4.69, 9.17) is 5.11 Å². The van der Waals surface area contributed by atoms with Gasteiger partial charge < -0.3 is 20.2 Å². The van der Waals surface area contributed by atoms with Gasteiger partial charge in [0.25, 0.3) is 5.91 Å². The fourth-order valence-electron chi connectivity index (χ4n) is 3.11. The summed E-state index contributed by atoms with van der Waals surface area (Å²) in [6.07, 6.45) is 1.47. The van der Waals surface area contributed by atoms with Crippen LogP contribution in [-0.2, 0) is 9.59 Å². The Morgan fingerprint density at radius 2 is 1.91 bits per heavy atom. The minimum Gasteiger partial charge on any atom is -0.481 e. The molecule has 0 bridgehead atoms. The van der Waals surface area contributed by atoms with Crippen LogP contribution >= 0.6 is 0 Å². The molecule has 8 nitrogen and oxygen atoms in total. The Kier molecular flexibility index (Phi) is 5.59. The van der Waals surface area contributed by atoms with Gasteiger partial charge in [0.2, 0.25) is 0 Å². The molecule has 130 valence electrons. The van der Waals surface area contributed by atoms with Crippen LogP contribution in [0.2, 0.25) is 0 Å². The molecule has 2 rings (SSSR count). The Balaban J connectivity index is 1.88. The first-order valence-corrected chi connectivity index (χ1v) is 8.07. The third-order valence-corrected chi connectivity index (χ3v) is 4.59. The van der Waals surface area contributed by atoms with Crippen molar-refractivity contribution in [1.82, 2.24) is 20.0 Å². The molecular formula is C15H26N4O4. The number of rotatable bonds is 7. The molecule has 0 aromatic carbocycles. The van der Waals surface area contributed by atoms with Crippen molar-refractivity contribution in [2.75, 3.05) is 46.8 Å². The van der Waals surface area contributed by atoms with Crippen molar-refractivity contribution >= 4 is 17.9 Å². The van der Waals surface area contributed by atoms with E-state index in [0.29, 0.717) is 19.3 Å². The van der Waals surface area contributed by atoms with Gasteiger partial charge in [-0.05, 0) is 33.4 Å². The highest BCUT2D eigenvalue weighted by molar-refractivity contribution is 6.07. The number of carbonyl (C=O) groups excluding carboxylic acids is 2. The number of nitrogens with one attached hydrogen (secondary N) is 1. The largest absolute Gasteiger partial charge is 0.481 e. The third-order valence-electron chi connectivity index (χ3n) is 4.59. The quantitative estimate of drug-likeness (QED) is 0.629. The van der Waals surface area contributed by atoms with E-state index in [0.717, 1.165) is 26.2 Å². The molecule has 0 atom stereocenters. The number of amides is 3. The summed E-state index contributed by atoms with van der Waals surface area (Å²) < 4.78 is 0. The molecule has 0 saturated carbocycles. The molecule has 2 aliphatic heterocycles. The molecule has 23 heavy (non-hydrogen) atoms. The standard InChI is InChI=1S/C15H26N4O4/c1-17(2)10-11-18-8-5-15(6-9-18)13(22)19(14(23)16-15)7-3-4-12(20)21/h3-11H2,1-2H3,(H,16,23)(H,20,21).